The van der Waals surface area contributed by atoms with Crippen molar-refractivity contribution in [1.29, 1.82) is 0 Å². The Balaban J connectivity index is 1.72. The number of halogens is 2. The van der Waals surface area contributed by atoms with Gasteiger partial charge in [-0.1, -0.05) is 12.1 Å². The molecule has 3 rings (SSSR count). The molecule has 0 aliphatic carbocycles. The lowest BCUT2D eigenvalue weighted by Gasteiger charge is -2.30. The Morgan fingerprint density at radius 3 is 2.40 bits per heavy atom. The van der Waals surface area contributed by atoms with Crippen LogP contribution in [-0.2, 0) is 0 Å². The number of para-hydroxylation sites is 2. The summed E-state index contributed by atoms with van der Waals surface area (Å²) in [7, 11) is 2.10. The van der Waals surface area contributed by atoms with Crippen LogP contribution in [0.5, 0.6) is 0 Å². The molecule has 0 aromatic heterocycles. The molecular formula is C19H21F2N3O. The Morgan fingerprint density at radius 2 is 1.72 bits per heavy atom. The summed E-state index contributed by atoms with van der Waals surface area (Å²) < 4.78 is 26.3. The van der Waals surface area contributed by atoms with Crippen LogP contribution < -0.4 is 10.6 Å². The molecule has 0 radical (unpaired) electrons. The third-order valence-corrected chi connectivity index (χ3v) is 4.44. The maximum Gasteiger partial charge on any atom is 0.255 e. The first-order valence-corrected chi connectivity index (χ1v) is 8.33. The average Bonchev–Trinajstić information content (AvgIpc) is 2.61. The lowest BCUT2D eigenvalue weighted by Crippen LogP contribution is -2.36. The highest BCUT2D eigenvalue weighted by Crippen LogP contribution is 2.25. The van der Waals surface area contributed by atoms with Gasteiger partial charge in [-0.05, 0) is 63.3 Å². The van der Waals surface area contributed by atoms with Gasteiger partial charge in [0.05, 0.1) is 11.4 Å². The quantitative estimate of drug-likeness (QED) is 0.888. The van der Waals surface area contributed by atoms with E-state index in [1.807, 2.05) is 18.2 Å². The minimum atomic E-state index is -1.04. The number of rotatable bonds is 4. The van der Waals surface area contributed by atoms with E-state index >= 15 is 0 Å². The van der Waals surface area contributed by atoms with Gasteiger partial charge in [-0.15, -0.1) is 0 Å². The Labute approximate surface area is 145 Å². The number of anilines is 2. The van der Waals surface area contributed by atoms with E-state index in [1.165, 1.54) is 6.07 Å². The van der Waals surface area contributed by atoms with Crippen molar-refractivity contribution in [3.05, 3.63) is 59.7 Å². The second-order valence-electron chi connectivity index (χ2n) is 6.35. The number of carbonyl (C=O) groups is 1. The monoisotopic (exact) mass is 345 g/mol. The fourth-order valence-corrected chi connectivity index (χ4v) is 2.92. The van der Waals surface area contributed by atoms with Crippen LogP contribution in [0.3, 0.4) is 0 Å². The second-order valence-corrected chi connectivity index (χ2v) is 6.35. The Morgan fingerprint density at radius 1 is 1.04 bits per heavy atom. The number of hydrogen-bond donors (Lipinski definition) is 2. The maximum atomic E-state index is 13.3. The van der Waals surface area contributed by atoms with Crippen molar-refractivity contribution in [1.82, 2.24) is 4.90 Å². The lowest BCUT2D eigenvalue weighted by molar-refractivity contribution is 0.102. The van der Waals surface area contributed by atoms with E-state index in [-0.39, 0.29) is 5.56 Å². The van der Waals surface area contributed by atoms with Crippen LogP contribution in [-0.4, -0.2) is 37.0 Å². The van der Waals surface area contributed by atoms with Crippen molar-refractivity contribution in [3.63, 3.8) is 0 Å². The van der Waals surface area contributed by atoms with Gasteiger partial charge in [-0.25, -0.2) is 8.78 Å². The number of likely N-dealkylation sites (tertiary alicyclic amines) is 1. The summed E-state index contributed by atoms with van der Waals surface area (Å²) in [6.07, 6.45) is 2.06. The van der Waals surface area contributed by atoms with E-state index in [0.29, 0.717) is 11.7 Å². The van der Waals surface area contributed by atoms with Gasteiger partial charge in [-0.2, -0.15) is 0 Å². The highest BCUT2D eigenvalue weighted by atomic mass is 19.2. The van der Waals surface area contributed by atoms with Crippen LogP contribution in [0.1, 0.15) is 23.2 Å². The fraction of sp³-hybridized carbons (Fsp3) is 0.316. The molecule has 2 aromatic rings. The van der Waals surface area contributed by atoms with Crippen molar-refractivity contribution >= 4 is 17.3 Å². The molecule has 0 saturated carbocycles. The highest BCUT2D eigenvalue weighted by Gasteiger charge is 2.18. The Hall–Kier alpha value is -2.47. The molecule has 1 heterocycles. The van der Waals surface area contributed by atoms with Gasteiger partial charge in [0.25, 0.3) is 5.91 Å². The summed E-state index contributed by atoms with van der Waals surface area (Å²) in [6.45, 7) is 2.06. The van der Waals surface area contributed by atoms with Gasteiger partial charge in [-0.3, -0.25) is 4.79 Å². The molecule has 0 atom stereocenters. The van der Waals surface area contributed by atoms with Crippen LogP contribution in [0.15, 0.2) is 42.5 Å². The summed E-state index contributed by atoms with van der Waals surface area (Å²) in [4.78, 5) is 14.6. The molecule has 1 aliphatic rings. The molecule has 4 nitrogen and oxygen atoms in total. The largest absolute Gasteiger partial charge is 0.381 e. The van der Waals surface area contributed by atoms with Gasteiger partial charge in [0, 0.05) is 11.6 Å². The number of hydrogen-bond acceptors (Lipinski definition) is 3. The predicted octanol–water partition coefficient (Wildman–Crippen LogP) is 3.72. The van der Waals surface area contributed by atoms with Crippen LogP contribution in [0.25, 0.3) is 0 Å². The summed E-state index contributed by atoms with van der Waals surface area (Å²) >= 11 is 0. The zero-order chi connectivity index (χ0) is 17.8. The number of carbonyl (C=O) groups excluding carboxylic acids is 1. The molecule has 0 unspecified atom stereocenters. The predicted molar refractivity (Wildman–Crippen MR) is 94.9 cm³/mol. The first-order chi connectivity index (χ1) is 12.0. The van der Waals surface area contributed by atoms with Gasteiger partial charge in [0.1, 0.15) is 0 Å². The molecule has 132 valence electrons. The third-order valence-electron chi connectivity index (χ3n) is 4.44. The zero-order valence-corrected chi connectivity index (χ0v) is 14.1. The minimum absolute atomic E-state index is 0.0768. The summed E-state index contributed by atoms with van der Waals surface area (Å²) in [5, 5.41) is 6.24. The van der Waals surface area contributed by atoms with Crippen molar-refractivity contribution in [2.24, 2.45) is 0 Å². The van der Waals surface area contributed by atoms with Gasteiger partial charge < -0.3 is 15.5 Å². The minimum Gasteiger partial charge on any atom is -0.381 e. The second kappa shape index (κ2) is 7.61. The molecule has 2 aromatic carbocycles. The van der Waals surface area contributed by atoms with E-state index in [1.54, 1.807) is 6.07 Å². The van der Waals surface area contributed by atoms with Crippen molar-refractivity contribution < 1.29 is 13.6 Å². The van der Waals surface area contributed by atoms with Crippen molar-refractivity contribution in [2.75, 3.05) is 30.8 Å². The average molecular weight is 345 g/mol. The highest BCUT2D eigenvalue weighted by molar-refractivity contribution is 6.05. The summed E-state index contributed by atoms with van der Waals surface area (Å²) in [5.41, 5.74) is 1.53. The van der Waals surface area contributed by atoms with E-state index in [0.717, 1.165) is 43.8 Å². The summed E-state index contributed by atoms with van der Waals surface area (Å²) in [6, 6.07) is 10.9. The normalized spacial score (nSPS) is 15.8. The molecule has 1 aliphatic heterocycles. The first kappa shape index (κ1) is 17.4. The standard InChI is InChI=1S/C19H21F2N3O/c1-24-10-8-14(9-11-24)22-17-4-2-3-5-18(17)23-19(25)13-6-7-15(20)16(21)12-13/h2-7,12,14,22H,8-11H2,1H3,(H,23,25). The topological polar surface area (TPSA) is 44.4 Å². The van der Waals surface area contributed by atoms with Gasteiger partial charge in [0.15, 0.2) is 11.6 Å². The van der Waals surface area contributed by atoms with E-state index in [2.05, 4.69) is 22.6 Å². The van der Waals surface area contributed by atoms with E-state index < -0.39 is 17.5 Å². The number of amides is 1. The lowest BCUT2D eigenvalue weighted by atomic mass is 10.0. The maximum absolute atomic E-state index is 13.3. The number of nitrogens with zero attached hydrogens (tertiary/aromatic N) is 1. The molecular weight excluding hydrogens is 324 g/mol. The number of benzene rings is 2. The Bertz CT molecular complexity index is 758. The SMILES string of the molecule is CN1CCC(Nc2ccccc2NC(=O)c2ccc(F)c(F)c2)CC1. The molecule has 1 saturated heterocycles. The van der Waals surface area contributed by atoms with Crippen LogP contribution >= 0.6 is 0 Å². The molecule has 1 amide bonds. The zero-order valence-electron chi connectivity index (χ0n) is 14.1. The van der Waals surface area contributed by atoms with Crippen molar-refractivity contribution in [3.8, 4) is 0 Å². The van der Waals surface area contributed by atoms with Crippen LogP contribution in [0.2, 0.25) is 0 Å². The molecule has 0 bridgehead atoms. The molecule has 2 N–H and O–H groups in total. The third kappa shape index (κ3) is 4.33. The molecule has 25 heavy (non-hydrogen) atoms. The van der Waals surface area contributed by atoms with Gasteiger partial charge >= 0.3 is 0 Å². The molecule has 0 spiro atoms. The first-order valence-electron chi connectivity index (χ1n) is 8.33. The number of nitrogens with one attached hydrogen (secondary N) is 2. The van der Waals surface area contributed by atoms with E-state index in [9.17, 15) is 13.6 Å². The summed E-state index contributed by atoms with van der Waals surface area (Å²) in [5.74, 6) is -2.48. The van der Waals surface area contributed by atoms with E-state index in [4.69, 9.17) is 0 Å². The van der Waals surface area contributed by atoms with Crippen LogP contribution in [0.4, 0.5) is 20.2 Å². The van der Waals surface area contributed by atoms with Crippen molar-refractivity contribution in [2.45, 2.75) is 18.9 Å². The number of piperidine rings is 1. The smallest absolute Gasteiger partial charge is 0.255 e. The fourth-order valence-electron chi connectivity index (χ4n) is 2.92. The molecule has 6 heteroatoms. The van der Waals surface area contributed by atoms with Crippen LogP contribution in [0, 0.1) is 11.6 Å². The molecule has 1 fully saturated rings. The van der Waals surface area contributed by atoms with Gasteiger partial charge in [0.2, 0.25) is 0 Å². The Kier molecular flexibility index (Phi) is 5.28.